The molecule has 1 N–H and O–H groups in total. The van der Waals surface area contributed by atoms with Crippen LogP contribution in [0.5, 0.6) is 11.5 Å². The number of carbonyl (C=O) groups excluding carboxylic acids is 1. The van der Waals surface area contributed by atoms with Crippen molar-refractivity contribution >= 4 is 17.5 Å². The lowest BCUT2D eigenvalue weighted by Gasteiger charge is -2.28. The van der Waals surface area contributed by atoms with Crippen LogP contribution in [-0.4, -0.2) is 44.7 Å². The van der Waals surface area contributed by atoms with E-state index in [1.165, 1.54) is 12.8 Å². The predicted molar refractivity (Wildman–Crippen MR) is 107 cm³/mol. The Balaban J connectivity index is 1.77. The van der Waals surface area contributed by atoms with Crippen molar-refractivity contribution in [1.82, 2.24) is 10.2 Å². The Hall–Kier alpha value is -2.24. The topological polar surface area (TPSA) is 50.8 Å². The number of carbonyl (C=O) groups is 1. The number of rotatable bonds is 7. The molecule has 1 amide bonds. The molecule has 1 unspecified atom stereocenters. The molecular formula is C21H25ClN2O3. The smallest absolute Gasteiger partial charge is 0.251 e. The van der Waals surface area contributed by atoms with Crippen molar-refractivity contribution in [2.24, 2.45) is 0 Å². The van der Waals surface area contributed by atoms with Crippen molar-refractivity contribution in [3.63, 3.8) is 0 Å². The monoisotopic (exact) mass is 388 g/mol. The Morgan fingerprint density at radius 3 is 2.37 bits per heavy atom. The van der Waals surface area contributed by atoms with Crippen LogP contribution in [0, 0.1) is 0 Å². The van der Waals surface area contributed by atoms with Crippen LogP contribution in [0.15, 0.2) is 42.5 Å². The third kappa shape index (κ3) is 4.73. The summed E-state index contributed by atoms with van der Waals surface area (Å²) in [6, 6.07) is 13.0. The molecule has 1 aliphatic heterocycles. The second kappa shape index (κ2) is 9.11. The van der Waals surface area contributed by atoms with Crippen molar-refractivity contribution in [1.29, 1.82) is 0 Å². The first-order valence-corrected chi connectivity index (χ1v) is 9.50. The molecule has 1 atom stereocenters. The van der Waals surface area contributed by atoms with E-state index in [1.807, 2.05) is 18.2 Å². The van der Waals surface area contributed by atoms with Crippen LogP contribution in [0.25, 0.3) is 0 Å². The van der Waals surface area contributed by atoms with Crippen molar-refractivity contribution in [2.75, 3.05) is 33.9 Å². The van der Waals surface area contributed by atoms with E-state index in [-0.39, 0.29) is 11.9 Å². The summed E-state index contributed by atoms with van der Waals surface area (Å²) in [5, 5.41) is 3.68. The average Bonchev–Trinajstić information content (AvgIpc) is 3.22. The molecule has 0 radical (unpaired) electrons. The largest absolute Gasteiger partial charge is 0.493 e. The minimum atomic E-state index is -0.101. The standard InChI is InChI=1S/C21H25ClN2O3/c1-26-19-10-7-16(13-20(19)27-2)18(24-11-3-4-12-24)14-23-21(25)15-5-8-17(22)9-6-15/h5-10,13,18H,3-4,11-12,14H2,1-2H3,(H,23,25). The summed E-state index contributed by atoms with van der Waals surface area (Å²) in [5.41, 5.74) is 1.71. The summed E-state index contributed by atoms with van der Waals surface area (Å²) < 4.78 is 10.8. The minimum absolute atomic E-state index is 0.0866. The van der Waals surface area contributed by atoms with E-state index >= 15 is 0 Å². The van der Waals surface area contributed by atoms with Gasteiger partial charge in [-0.25, -0.2) is 0 Å². The highest BCUT2D eigenvalue weighted by Gasteiger charge is 2.25. The van der Waals surface area contributed by atoms with Gasteiger partial charge in [-0.1, -0.05) is 17.7 Å². The fourth-order valence-corrected chi connectivity index (χ4v) is 3.59. The molecule has 1 heterocycles. The second-order valence-corrected chi connectivity index (χ2v) is 7.03. The van der Waals surface area contributed by atoms with Crippen LogP contribution >= 0.6 is 11.6 Å². The molecule has 6 heteroatoms. The highest BCUT2D eigenvalue weighted by molar-refractivity contribution is 6.30. The number of nitrogens with one attached hydrogen (secondary N) is 1. The molecule has 1 saturated heterocycles. The van der Waals surface area contributed by atoms with Gasteiger partial charge in [-0.05, 0) is 67.9 Å². The Labute approximate surface area is 165 Å². The number of amides is 1. The molecule has 1 fully saturated rings. The fourth-order valence-electron chi connectivity index (χ4n) is 3.46. The molecule has 0 aliphatic carbocycles. The van der Waals surface area contributed by atoms with E-state index in [0.717, 1.165) is 18.7 Å². The molecule has 0 spiro atoms. The maximum absolute atomic E-state index is 12.5. The molecule has 1 aliphatic rings. The number of benzene rings is 2. The van der Waals surface area contributed by atoms with Crippen molar-refractivity contribution in [2.45, 2.75) is 18.9 Å². The van der Waals surface area contributed by atoms with Crippen LogP contribution < -0.4 is 14.8 Å². The number of nitrogens with zero attached hydrogens (tertiary/aromatic N) is 1. The van der Waals surface area contributed by atoms with Gasteiger partial charge in [-0.3, -0.25) is 9.69 Å². The molecule has 3 rings (SSSR count). The maximum Gasteiger partial charge on any atom is 0.251 e. The number of likely N-dealkylation sites (tertiary alicyclic amines) is 1. The van der Waals surface area contributed by atoms with Gasteiger partial charge in [0.05, 0.1) is 20.3 Å². The van der Waals surface area contributed by atoms with E-state index in [9.17, 15) is 4.79 Å². The summed E-state index contributed by atoms with van der Waals surface area (Å²) in [6.07, 6.45) is 2.35. The lowest BCUT2D eigenvalue weighted by molar-refractivity contribution is 0.0938. The molecule has 0 bridgehead atoms. The number of hydrogen-bond acceptors (Lipinski definition) is 4. The van der Waals surface area contributed by atoms with E-state index in [2.05, 4.69) is 10.2 Å². The molecule has 2 aromatic carbocycles. The summed E-state index contributed by atoms with van der Waals surface area (Å²) in [5.74, 6) is 1.30. The number of methoxy groups -OCH3 is 2. The van der Waals surface area contributed by atoms with Crippen LogP contribution in [0.3, 0.4) is 0 Å². The molecule has 144 valence electrons. The first-order valence-electron chi connectivity index (χ1n) is 9.12. The molecular weight excluding hydrogens is 364 g/mol. The number of ether oxygens (including phenoxy) is 2. The summed E-state index contributed by atoms with van der Waals surface area (Å²) in [4.78, 5) is 14.9. The van der Waals surface area contributed by atoms with Gasteiger partial charge in [0.1, 0.15) is 0 Å². The predicted octanol–water partition coefficient (Wildman–Crippen LogP) is 3.92. The Morgan fingerprint density at radius 2 is 1.74 bits per heavy atom. The van der Waals surface area contributed by atoms with E-state index in [0.29, 0.717) is 28.6 Å². The summed E-state index contributed by atoms with van der Waals surface area (Å²) >= 11 is 5.90. The van der Waals surface area contributed by atoms with Crippen molar-refractivity contribution in [3.05, 3.63) is 58.6 Å². The van der Waals surface area contributed by atoms with Gasteiger partial charge in [0.2, 0.25) is 0 Å². The highest BCUT2D eigenvalue weighted by atomic mass is 35.5. The first kappa shape index (κ1) is 19.5. The third-order valence-corrected chi connectivity index (χ3v) is 5.19. The zero-order valence-corrected chi connectivity index (χ0v) is 16.5. The van der Waals surface area contributed by atoms with Crippen LogP contribution in [-0.2, 0) is 0 Å². The molecule has 0 saturated carbocycles. The zero-order valence-electron chi connectivity index (χ0n) is 15.7. The maximum atomic E-state index is 12.5. The lowest BCUT2D eigenvalue weighted by atomic mass is 10.0. The van der Waals surface area contributed by atoms with E-state index in [4.69, 9.17) is 21.1 Å². The van der Waals surface area contributed by atoms with Gasteiger partial charge >= 0.3 is 0 Å². The van der Waals surface area contributed by atoms with Crippen LogP contribution in [0.2, 0.25) is 5.02 Å². The molecule has 5 nitrogen and oxygen atoms in total. The van der Waals surface area contributed by atoms with Gasteiger partial charge in [-0.2, -0.15) is 0 Å². The van der Waals surface area contributed by atoms with Crippen LogP contribution in [0.4, 0.5) is 0 Å². The van der Waals surface area contributed by atoms with Crippen molar-refractivity contribution in [3.8, 4) is 11.5 Å². The normalized spacial score (nSPS) is 15.4. The van der Waals surface area contributed by atoms with Gasteiger partial charge in [0.15, 0.2) is 11.5 Å². The molecule has 0 aromatic heterocycles. The zero-order chi connectivity index (χ0) is 19.2. The highest BCUT2D eigenvalue weighted by Crippen LogP contribution is 2.33. The SMILES string of the molecule is COc1ccc(C(CNC(=O)c2ccc(Cl)cc2)N2CCCC2)cc1OC. The number of halogens is 1. The van der Waals surface area contributed by atoms with Gasteiger partial charge in [0, 0.05) is 17.1 Å². The molecule has 2 aromatic rings. The van der Waals surface area contributed by atoms with Gasteiger partial charge in [0.25, 0.3) is 5.91 Å². The van der Waals surface area contributed by atoms with Gasteiger partial charge < -0.3 is 14.8 Å². The minimum Gasteiger partial charge on any atom is -0.493 e. The quantitative estimate of drug-likeness (QED) is 0.780. The first-order chi connectivity index (χ1) is 13.1. The van der Waals surface area contributed by atoms with E-state index in [1.54, 1.807) is 38.5 Å². The third-order valence-electron chi connectivity index (χ3n) is 4.94. The fraction of sp³-hybridized carbons (Fsp3) is 0.381. The molecule has 27 heavy (non-hydrogen) atoms. The summed E-state index contributed by atoms with van der Waals surface area (Å²) in [7, 11) is 3.26. The Kier molecular flexibility index (Phi) is 6.58. The van der Waals surface area contributed by atoms with Crippen molar-refractivity contribution < 1.29 is 14.3 Å². The summed E-state index contributed by atoms with van der Waals surface area (Å²) in [6.45, 7) is 2.57. The Morgan fingerprint density at radius 1 is 1.07 bits per heavy atom. The van der Waals surface area contributed by atoms with Crippen LogP contribution in [0.1, 0.15) is 34.8 Å². The van der Waals surface area contributed by atoms with E-state index < -0.39 is 0 Å². The lowest BCUT2D eigenvalue weighted by Crippen LogP contribution is -2.36. The van der Waals surface area contributed by atoms with Gasteiger partial charge in [-0.15, -0.1) is 0 Å². The number of hydrogen-bond donors (Lipinski definition) is 1. The second-order valence-electron chi connectivity index (χ2n) is 6.59. The Bertz CT molecular complexity index is 773. The average molecular weight is 389 g/mol.